The molecular formula is C22H39NOS2. The fourth-order valence-electron chi connectivity index (χ4n) is 4.69. The van der Waals surface area contributed by atoms with Crippen LogP contribution in [0.4, 0.5) is 0 Å². The molecule has 1 aliphatic heterocycles. The van der Waals surface area contributed by atoms with Gasteiger partial charge in [-0.05, 0) is 69.6 Å². The van der Waals surface area contributed by atoms with E-state index < -0.39 is 20.4 Å². The Labute approximate surface area is 165 Å². The zero-order valence-electron chi connectivity index (χ0n) is 18.1. The van der Waals surface area contributed by atoms with Gasteiger partial charge in [-0.1, -0.05) is 36.9 Å². The van der Waals surface area contributed by atoms with Gasteiger partial charge in [-0.15, -0.1) is 0 Å². The van der Waals surface area contributed by atoms with Crippen molar-refractivity contribution < 1.29 is 4.74 Å². The van der Waals surface area contributed by atoms with Gasteiger partial charge in [0.1, 0.15) is 0 Å². The van der Waals surface area contributed by atoms with Crippen molar-refractivity contribution in [3.63, 3.8) is 0 Å². The second kappa shape index (κ2) is 7.54. The molecule has 0 aromatic heterocycles. The molecule has 1 fully saturated rings. The Kier molecular flexibility index (Phi) is 6.34. The average molecular weight is 398 g/mol. The first-order chi connectivity index (χ1) is 11.8. The molecule has 0 amide bonds. The third-order valence-electron chi connectivity index (χ3n) is 5.03. The van der Waals surface area contributed by atoms with Crippen molar-refractivity contribution in [1.82, 2.24) is 3.71 Å². The Balaban J connectivity index is 1.92. The highest BCUT2D eigenvalue weighted by molar-refractivity contribution is 8.45. The Morgan fingerprint density at radius 1 is 1.23 bits per heavy atom. The molecule has 0 radical (unpaired) electrons. The van der Waals surface area contributed by atoms with Crippen molar-refractivity contribution in [3.05, 3.63) is 42.0 Å². The Morgan fingerprint density at radius 3 is 2.27 bits per heavy atom. The maximum Gasteiger partial charge on any atom is 0.0666 e. The summed E-state index contributed by atoms with van der Waals surface area (Å²) in [5, 5.41) is 0. The third kappa shape index (κ3) is 5.09. The van der Waals surface area contributed by atoms with Crippen LogP contribution in [0.3, 0.4) is 0 Å². The lowest BCUT2D eigenvalue weighted by Crippen LogP contribution is -2.62. The van der Waals surface area contributed by atoms with Crippen LogP contribution in [0.2, 0.25) is 0 Å². The van der Waals surface area contributed by atoms with E-state index in [1.165, 1.54) is 16.9 Å². The van der Waals surface area contributed by atoms with Crippen LogP contribution in [-0.2, 0) is 11.2 Å². The summed E-state index contributed by atoms with van der Waals surface area (Å²) in [6, 6.07) is 8.63. The Morgan fingerprint density at radius 2 is 1.81 bits per heavy atom. The van der Waals surface area contributed by atoms with Gasteiger partial charge in [0.15, 0.2) is 0 Å². The summed E-state index contributed by atoms with van der Waals surface area (Å²) < 4.78 is 9.21. The topological polar surface area (TPSA) is 12.5 Å². The SMILES string of the molecule is C=Cc1ccc(CC(C)(C)OCCC2(C)CS(C)(C)N2S(C)(C)C)cc1. The van der Waals surface area contributed by atoms with E-state index >= 15 is 0 Å². The number of hydrogen-bond donors (Lipinski definition) is 0. The zero-order chi connectivity index (χ0) is 19.8. The first-order valence-electron chi connectivity index (χ1n) is 9.34. The van der Waals surface area contributed by atoms with Crippen molar-refractivity contribution in [1.29, 1.82) is 0 Å². The highest BCUT2D eigenvalue weighted by Gasteiger charge is 2.53. The molecule has 0 aliphatic carbocycles. The largest absolute Gasteiger partial charge is 0.375 e. The van der Waals surface area contributed by atoms with E-state index in [-0.39, 0.29) is 5.60 Å². The minimum atomic E-state index is -0.696. The zero-order valence-corrected chi connectivity index (χ0v) is 19.7. The molecule has 0 saturated carbocycles. The van der Waals surface area contributed by atoms with Gasteiger partial charge in [-0.25, -0.2) is 3.71 Å². The standard InChI is InChI=1S/C22H39NOS2/c1-10-19-11-13-20(14-12-19)17-21(2,3)24-16-15-22(4)18-26(8,9)23(22)25(5,6)7/h10-14H,1,15-18H2,2-9H3. The molecular weight excluding hydrogens is 358 g/mol. The quantitative estimate of drug-likeness (QED) is 0.556. The predicted molar refractivity (Wildman–Crippen MR) is 125 cm³/mol. The summed E-state index contributed by atoms with van der Waals surface area (Å²) in [6.07, 6.45) is 16.1. The molecule has 0 spiro atoms. The number of hydrogen-bond acceptors (Lipinski definition) is 2. The first kappa shape index (κ1) is 21.9. The molecule has 2 nitrogen and oxygen atoms in total. The van der Waals surface area contributed by atoms with Crippen LogP contribution in [-0.4, -0.2) is 58.5 Å². The normalized spacial score (nSPS) is 25.4. The van der Waals surface area contributed by atoms with Gasteiger partial charge in [-0.2, -0.15) is 20.4 Å². The molecule has 0 bridgehead atoms. The van der Waals surface area contributed by atoms with Crippen LogP contribution in [0.5, 0.6) is 0 Å². The van der Waals surface area contributed by atoms with E-state index in [0.29, 0.717) is 5.54 Å². The summed E-state index contributed by atoms with van der Waals surface area (Å²) >= 11 is 0. The van der Waals surface area contributed by atoms with Crippen LogP contribution in [0, 0.1) is 0 Å². The van der Waals surface area contributed by atoms with Gasteiger partial charge in [0.05, 0.1) is 5.60 Å². The summed E-state index contributed by atoms with van der Waals surface area (Å²) in [5.74, 6) is 1.33. The van der Waals surface area contributed by atoms with E-state index in [9.17, 15) is 0 Å². The molecule has 1 aromatic rings. The van der Waals surface area contributed by atoms with Crippen LogP contribution in [0.1, 0.15) is 38.3 Å². The molecule has 1 aliphatic rings. The molecule has 1 saturated heterocycles. The maximum atomic E-state index is 6.36. The first-order valence-corrected chi connectivity index (χ1v) is 14.7. The second-order valence-electron chi connectivity index (χ2n) is 9.63. The fourth-order valence-corrected chi connectivity index (χ4v) is 14.3. The molecule has 1 unspecified atom stereocenters. The van der Waals surface area contributed by atoms with Crippen LogP contribution in [0.15, 0.2) is 30.8 Å². The number of ether oxygens (including phenoxy) is 1. The van der Waals surface area contributed by atoms with Gasteiger partial charge in [0.25, 0.3) is 0 Å². The molecule has 4 heteroatoms. The molecule has 2 rings (SSSR count). The summed E-state index contributed by atoms with van der Waals surface area (Å²) in [4.78, 5) is 0. The van der Waals surface area contributed by atoms with E-state index in [1.54, 1.807) is 0 Å². The maximum absolute atomic E-state index is 6.36. The highest BCUT2D eigenvalue weighted by Crippen LogP contribution is 2.72. The minimum Gasteiger partial charge on any atom is -0.375 e. The van der Waals surface area contributed by atoms with Crippen LogP contribution in [0.25, 0.3) is 6.08 Å². The van der Waals surface area contributed by atoms with E-state index in [0.717, 1.165) is 19.4 Å². The smallest absolute Gasteiger partial charge is 0.0666 e. The molecule has 1 aromatic carbocycles. The van der Waals surface area contributed by atoms with Gasteiger partial charge in [0, 0.05) is 24.3 Å². The van der Waals surface area contributed by atoms with Gasteiger partial charge >= 0.3 is 0 Å². The Hall–Kier alpha value is -0.420. The summed E-state index contributed by atoms with van der Waals surface area (Å²) in [7, 11) is -1.30. The molecule has 150 valence electrons. The molecule has 1 heterocycles. The van der Waals surface area contributed by atoms with Gasteiger partial charge in [0.2, 0.25) is 0 Å². The molecule has 1 atom stereocenters. The fraction of sp³-hybridized carbons (Fsp3) is 0.636. The van der Waals surface area contributed by atoms with Crippen molar-refractivity contribution >= 4 is 26.5 Å². The van der Waals surface area contributed by atoms with Crippen molar-refractivity contribution in [3.8, 4) is 0 Å². The lowest BCUT2D eigenvalue weighted by Gasteiger charge is -2.71. The van der Waals surface area contributed by atoms with Crippen LogP contribution >= 0.6 is 20.4 Å². The number of rotatable bonds is 8. The summed E-state index contributed by atoms with van der Waals surface area (Å²) in [5.41, 5.74) is 2.65. The lowest BCUT2D eigenvalue weighted by molar-refractivity contribution is -0.0270. The predicted octanol–water partition coefficient (Wildman–Crippen LogP) is 5.72. The molecule has 0 N–H and O–H groups in total. The third-order valence-corrected chi connectivity index (χ3v) is 11.7. The van der Waals surface area contributed by atoms with Crippen molar-refractivity contribution in [2.75, 3.05) is 43.6 Å². The van der Waals surface area contributed by atoms with Crippen molar-refractivity contribution in [2.24, 2.45) is 0 Å². The minimum absolute atomic E-state index is 0.141. The van der Waals surface area contributed by atoms with E-state index in [2.05, 4.69) is 86.6 Å². The van der Waals surface area contributed by atoms with Crippen molar-refractivity contribution in [2.45, 2.75) is 44.8 Å². The average Bonchev–Trinajstić information content (AvgIpc) is 2.43. The Bertz CT molecular complexity index is 620. The van der Waals surface area contributed by atoms with E-state index in [4.69, 9.17) is 4.74 Å². The van der Waals surface area contributed by atoms with Gasteiger partial charge < -0.3 is 4.74 Å². The van der Waals surface area contributed by atoms with Crippen LogP contribution < -0.4 is 0 Å². The number of benzene rings is 1. The highest BCUT2D eigenvalue weighted by atomic mass is 32.3. The summed E-state index contributed by atoms with van der Waals surface area (Å²) in [6.45, 7) is 11.5. The van der Waals surface area contributed by atoms with E-state index in [1.807, 2.05) is 6.08 Å². The monoisotopic (exact) mass is 397 g/mol. The lowest BCUT2D eigenvalue weighted by atomic mass is 9.97. The molecule has 26 heavy (non-hydrogen) atoms. The van der Waals surface area contributed by atoms with Gasteiger partial charge in [-0.3, -0.25) is 0 Å². The number of nitrogens with zero attached hydrogens (tertiary/aromatic N) is 1. The second-order valence-corrected chi connectivity index (χ2v) is 17.4.